The topological polar surface area (TPSA) is 63.0 Å². The molecule has 0 saturated heterocycles. The van der Waals surface area contributed by atoms with Crippen molar-refractivity contribution in [1.82, 2.24) is 5.32 Å². The lowest BCUT2D eigenvalue weighted by Gasteiger charge is -2.23. The van der Waals surface area contributed by atoms with Crippen molar-refractivity contribution in [3.8, 4) is 11.1 Å². The lowest BCUT2D eigenvalue weighted by atomic mass is 9.99. The van der Waals surface area contributed by atoms with Crippen molar-refractivity contribution in [3.05, 3.63) is 168 Å². The van der Waals surface area contributed by atoms with Gasteiger partial charge in [-0.1, -0.05) is 109 Å². The number of nitrogens with one attached hydrogen (secondary N) is 1. The molecule has 0 spiro atoms. The number of amidine groups is 2. The number of furan rings is 2. The van der Waals surface area contributed by atoms with Gasteiger partial charge in [0, 0.05) is 38.2 Å². The highest BCUT2D eigenvalue weighted by molar-refractivity contribution is 6.17. The van der Waals surface area contributed by atoms with E-state index in [0.717, 1.165) is 83.4 Å². The molecule has 48 heavy (non-hydrogen) atoms. The van der Waals surface area contributed by atoms with Crippen LogP contribution in [-0.4, -0.2) is 11.7 Å². The Morgan fingerprint density at radius 3 is 2.02 bits per heavy atom. The fourth-order valence-corrected chi connectivity index (χ4v) is 6.97. The Bertz CT molecular complexity index is 2770. The molecular weight excluding hydrogens is 590 g/mol. The summed E-state index contributed by atoms with van der Waals surface area (Å²) in [4.78, 5) is 10.4. The van der Waals surface area contributed by atoms with Crippen LogP contribution >= 0.6 is 0 Å². The second kappa shape index (κ2) is 10.5. The lowest BCUT2D eigenvalue weighted by Crippen LogP contribution is -2.36. The molecule has 9 aromatic rings. The minimum Gasteiger partial charge on any atom is -0.456 e. The van der Waals surface area contributed by atoms with Crippen molar-refractivity contribution in [2.45, 2.75) is 6.17 Å². The molecule has 0 saturated carbocycles. The van der Waals surface area contributed by atoms with E-state index in [-0.39, 0.29) is 0 Å². The van der Waals surface area contributed by atoms with Crippen LogP contribution in [0.1, 0.15) is 22.9 Å². The normalized spacial score (nSPS) is 14.9. The van der Waals surface area contributed by atoms with Gasteiger partial charge in [0.2, 0.25) is 0 Å². The first-order valence-electron chi connectivity index (χ1n) is 16.1. The molecule has 226 valence electrons. The van der Waals surface area contributed by atoms with E-state index in [1.807, 2.05) is 48.5 Å². The van der Waals surface area contributed by atoms with E-state index in [1.54, 1.807) is 0 Å². The fraction of sp³-hybridized carbons (Fsp3) is 0.0233. The SMILES string of the molecule is c1ccc(C2=NC(c3cccc4oc5cc(-c6ccc7oc8ccccc8c7c6)ccc5c34)N=C(c3ccc4ccccc4c3)N2)cc1. The van der Waals surface area contributed by atoms with E-state index < -0.39 is 6.17 Å². The van der Waals surface area contributed by atoms with Gasteiger partial charge in [-0.15, -0.1) is 0 Å². The molecular formula is C43H27N3O2. The zero-order chi connectivity index (χ0) is 31.6. The molecule has 1 aliphatic heterocycles. The van der Waals surface area contributed by atoms with Crippen LogP contribution in [0.2, 0.25) is 0 Å². The van der Waals surface area contributed by atoms with Gasteiger partial charge in [0.15, 0.2) is 6.17 Å². The molecule has 3 heterocycles. The minimum absolute atomic E-state index is 0.469. The minimum atomic E-state index is -0.469. The zero-order valence-corrected chi connectivity index (χ0v) is 25.7. The van der Waals surface area contributed by atoms with E-state index >= 15 is 0 Å². The predicted octanol–water partition coefficient (Wildman–Crippen LogP) is 10.8. The molecule has 1 atom stereocenters. The summed E-state index contributed by atoms with van der Waals surface area (Å²) < 4.78 is 12.6. The van der Waals surface area contributed by atoms with Gasteiger partial charge in [0.1, 0.15) is 34.0 Å². The number of hydrogen-bond donors (Lipinski definition) is 1. The molecule has 1 N–H and O–H groups in total. The Kier molecular flexibility index (Phi) is 5.87. The van der Waals surface area contributed by atoms with E-state index in [9.17, 15) is 0 Å². The average molecular weight is 618 g/mol. The number of fused-ring (bicyclic) bond motifs is 7. The molecule has 5 nitrogen and oxygen atoms in total. The monoisotopic (exact) mass is 617 g/mol. The zero-order valence-electron chi connectivity index (χ0n) is 25.7. The summed E-state index contributed by atoms with van der Waals surface area (Å²) >= 11 is 0. The van der Waals surface area contributed by atoms with Gasteiger partial charge in [-0.05, 0) is 64.4 Å². The van der Waals surface area contributed by atoms with Crippen LogP contribution in [0.3, 0.4) is 0 Å². The molecule has 1 unspecified atom stereocenters. The lowest BCUT2D eigenvalue weighted by molar-refractivity contribution is 0.668. The Morgan fingerprint density at radius 2 is 1.10 bits per heavy atom. The van der Waals surface area contributed by atoms with Gasteiger partial charge in [-0.3, -0.25) is 0 Å². The van der Waals surface area contributed by atoms with Crippen molar-refractivity contribution >= 4 is 66.3 Å². The summed E-state index contributed by atoms with van der Waals surface area (Å²) in [6, 6.07) is 52.2. The van der Waals surface area contributed by atoms with Crippen LogP contribution in [0.15, 0.2) is 170 Å². The number of aliphatic imine (C=N–C) groups is 2. The van der Waals surface area contributed by atoms with Crippen LogP contribution < -0.4 is 5.32 Å². The molecule has 0 aliphatic carbocycles. The number of nitrogens with zero attached hydrogens (tertiary/aromatic N) is 2. The van der Waals surface area contributed by atoms with Crippen molar-refractivity contribution < 1.29 is 8.83 Å². The maximum absolute atomic E-state index is 6.53. The fourth-order valence-electron chi connectivity index (χ4n) is 6.97. The predicted molar refractivity (Wildman–Crippen MR) is 196 cm³/mol. The Balaban J connectivity index is 1.11. The molecule has 1 aliphatic rings. The van der Waals surface area contributed by atoms with Gasteiger partial charge in [0.05, 0.1) is 0 Å². The summed E-state index contributed by atoms with van der Waals surface area (Å²) in [6.07, 6.45) is -0.469. The highest BCUT2D eigenvalue weighted by Crippen LogP contribution is 2.39. The number of benzene rings is 7. The second-order valence-electron chi connectivity index (χ2n) is 12.2. The molecule has 0 amide bonds. The van der Waals surface area contributed by atoms with Gasteiger partial charge in [0.25, 0.3) is 0 Å². The molecule has 0 bridgehead atoms. The molecule has 10 rings (SSSR count). The summed E-state index contributed by atoms with van der Waals surface area (Å²) in [5, 5.41) is 10.2. The van der Waals surface area contributed by atoms with Crippen LogP contribution in [0, 0.1) is 0 Å². The second-order valence-corrected chi connectivity index (χ2v) is 12.2. The third-order valence-electron chi connectivity index (χ3n) is 9.33. The molecule has 0 radical (unpaired) electrons. The standard InChI is InChI=1S/C43H27N3O2/c1-2-10-27(11-3-1)41-44-42(31-18-17-26-9-4-5-12-28(26)23-31)46-43(45-41)34-14-8-16-38-40(34)33-21-19-30(25-39(33)48-38)29-20-22-37-35(24-29)32-13-6-7-15-36(32)47-37/h1-25,43H,(H,44,45,46). The molecule has 0 fully saturated rings. The third-order valence-corrected chi connectivity index (χ3v) is 9.33. The highest BCUT2D eigenvalue weighted by atomic mass is 16.3. The van der Waals surface area contributed by atoms with Crippen LogP contribution in [0.5, 0.6) is 0 Å². The van der Waals surface area contributed by atoms with E-state index in [4.69, 9.17) is 18.8 Å². The Morgan fingerprint density at radius 1 is 0.417 bits per heavy atom. The third kappa shape index (κ3) is 4.32. The van der Waals surface area contributed by atoms with Crippen molar-refractivity contribution in [1.29, 1.82) is 0 Å². The number of rotatable bonds is 4. The average Bonchev–Trinajstić information content (AvgIpc) is 3.72. The quantitative estimate of drug-likeness (QED) is 0.214. The van der Waals surface area contributed by atoms with Gasteiger partial charge < -0.3 is 14.2 Å². The molecule has 5 heteroatoms. The first-order valence-corrected chi connectivity index (χ1v) is 16.1. The largest absolute Gasteiger partial charge is 0.456 e. The van der Waals surface area contributed by atoms with E-state index in [0.29, 0.717) is 0 Å². The Hall–Kier alpha value is -6.46. The first kappa shape index (κ1) is 26.7. The first-order chi connectivity index (χ1) is 23.7. The number of hydrogen-bond acceptors (Lipinski definition) is 5. The van der Waals surface area contributed by atoms with Crippen LogP contribution in [0.4, 0.5) is 0 Å². The summed E-state index contributed by atoms with van der Waals surface area (Å²) in [5.41, 5.74) is 8.63. The highest BCUT2D eigenvalue weighted by Gasteiger charge is 2.24. The summed E-state index contributed by atoms with van der Waals surface area (Å²) in [7, 11) is 0. The van der Waals surface area contributed by atoms with Gasteiger partial charge >= 0.3 is 0 Å². The smallest absolute Gasteiger partial charge is 0.170 e. The van der Waals surface area contributed by atoms with E-state index in [2.05, 4.69) is 108 Å². The van der Waals surface area contributed by atoms with Gasteiger partial charge in [-0.25, -0.2) is 9.98 Å². The summed E-state index contributed by atoms with van der Waals surface area (Å²) in [5.74, 6) is 1.57. The number of para-hydroxylation sites is 1. The summed E-state index contributed by atoms with van der Waals surface area (Å²) in [6.45, 7) is 0. The van der Waals surface area contributed by atoms with Gasteiger partial charge in [-0.2, -0.15) is 0 Å². The molecule has 7 aromatic carbocycles. The van der Waals surface area contributed by atoms with Crippen LogP contribution in [-0.2, 0) is 0 Å². The van der Waals surface area contributed by atoms with E-state index in [1.165, 1.54) is 10.8 Å². The van der Waals surface area contributed by atoms with Crippen molar-refractivity contribution in [2.75, 3.05) is 0 Å². The molecule has 2 aromatic heterocycles. The Labute approximate surface area is 275 Å². The van der Waals surface area contributed by atoms with Crippen molar-refractivity contribution in [2.24, 2.45) is 9.98 Å². The maximum atomic E-state index is 6.53. The van der Waals surface area contributed by atoms with Crippen molar-refractivity contribution in [3.63, 3.8) is 0 Å². The maximum Gasteiger partial charge on any atom is 0.170 e. The van der Waals surface area contributed by atoms with Crippen LogP contribution in [0.25, 0.3) is 65.8 Å².